The maximum absolute atomic E-state index is 12.9. The van der Waals surface area contributed by atoms with Gasteiger partial charge in [0, 0.05) is 5.56 Å². The molecule has 2 amide bonds. The second kappa shape index (κ2) is 7.03. The molecule has 0 bridgehead atoms. The summed E-state index contributed by atoms with van der Waals surface area (Å²) in [7, 11) is -1.63. The highest BCUT2D eigenvalue weighted by Crippen LogP contribution is 2.30. The highest BCUT2D eigenvalue weighted by atomic mass is 28.3. The minimum Gasteiger partial charge on any atom is -0.478 e. The summed E-state index contributed by atoms with van der Waals surface area (Å²) >= 11 is 0. The molecule has 7 nitrogen and oxygen atoms in total. The van der Waals surface area contributed by atoms with Gasteiger partial charge in [0.05, 0.1) is 27.9 Å². The van der Waals surface area contributed by atoms with Crippen molar-refractivity contribution in [3.63, 3.8) is 0 Å². The van der Waals surface area contributed by atoms with Crippen LogP contribution in [0, 0.1) is 11.5 Å². The van der Waals surface area contributed by atoms with E-state index in [4.69, 9.17) is 0 Å². The number of carbonyl (C=O) groups excluding carboxylic acids is 2. The van der Waals surface area contributed by atoms with Crippen LogP contribution in [0.4, 0.5) is 5.69 Å². The van der Waals surface area contributed by atoms with Gasteiger partial charge in [-0.2, -0.15) is 0 Å². The van der Waals surface area contributed by atoms with Gasteiger partial charge in [0.25, 0.3) is 11.8 Å². The van der Waals surface area contributed by atoms with Crippen molar-refractivity contribution < 1.29 is 29.4 Å². The van der Waals surface area contributed by atoms with E-state index in [0.29, 0.717) is 5.56 Å². The molecule has 0 spiro atoms. The Hall–Kier alpha value is -3.70. The second-order valence-electron chi connectivity index (χ2n) is 7.58. The molecule has 1 aliphatic rings. The summed E-state index contributed by atoms with van der Waals surface area (Å²) in [6.07, 6.45) is 0. The predicted molar refractivity (Wildman–Crippen MR) is 108 cm³/mol. The normalized spacial score (nSPS) is 13.0. The van der Waals surface area contributed by atoms with E-state index >= 15 is 0 Å². The van der Waals surface area contributed by atoms with Gasteiger partial charge in [0.15, 0.2) is 0 Å². The predicted octanol–water partition coefficient (Wildman–Crippen LogP) is 3.11. The van der Waals surface area contributed by atoms with Crippen LogP contribution in [0.5, 0.6) is 0 Å². The van der Waals surface area contributed by atoms with E-state index in [-0.39, 0.29) is 27.9 Å². The molecule has 146 valence electrons. The molecule has 0 radical (unpaired) electrons. The summed E-state index contributed by atoms with van der Waals surface area (Å²) < 4.78 is 0. The third kappa shape index (κ3) is 3.95. The molecule has 1 aliphatic heterocycles. The highest BCUT2D eigenvalue weighted by molar-refractivity contribution is 6.83. The molecule has 0 unspecified atom stereocenters. The van der Waals surface area contributed by atoms with Gasteiger partial charge >= 0.3 is 11.9 Å². The van der Waals surface area contributed by atoms with Crippen LogP contribution in [0.2, 0.25) is 19.6 Å². The zero-order valence-corrected chi connectivity index (χ0v) is 16.9. The molecule has 1 heterocycles. The third-order valence-electron chi connectivity index (χ3n) is 4.14. The molecule has 0 saturated heterocycles. The van der Waals surface area contributed by atoms with Gasteiger partial charge in [-0.15, -0.1) is 5.54 Å². The van der Waals surface area contributed by atoms with Crippen molar-refractivity contribution in [1.82, 2.24) is 0 Å². The number of nitrogens with zero attached hydrogens (tertiary/aromatic N) is 1. The first-order chi connectivity index (χ1) is 13.5. The van der Waals surface area contributed by atoms with E-state index in [1.165, 1.54) is 12.1 Å². The van der Waals surface area contributed by atoms with Crippen molar-refractivity contribution in [2.45, 2.75) is 19.6 Å². The van der Waals surface area contributed by atoms with E-state index in [1.807, 2.05) is 0 Å². The summed E-state index contributed by atoms with van der Waals surface area (Å²) in [6, 6.07) is 7.85. The number of fused-ring (bicyclic) bond motifs is 1. The number of imide groups is 1. The summed E-state index contributed by atoms with van der Waals surface area (Å²) in [4.78, 5) is 49.1. The van der Waals surface area contributed by atoms with Crippen LogP contribution < -0.4 is 4.90 Å². The van der Waals surface area contributed by atoms with Crippen LogP contribution in [0.3, 0.4) is 0 Å². The maximum atomic E-state index is 12.9. The van der Waals surface area contributed by atoms with Gasteiger partial charge < -0.3 is 10.2 Å². The van der Waals surface area contributed by atoms with Gasteiger partial charge in [0.2, 0.25) is 0 Å². The van der Waals surface area contributed by atoms with Gasteiger partial charge in [-0.3, -0.25) is 9.59 Å². The SMILES string of the molecule is C[Si](C)(C)C#Cc1ccc2c(c1)C(=O)N(c1cc(C(=O)O)cc(C(=O)O)c1)C2=O. The van der Waals surface area contributed by atoms with Gasteiger partial charge in [0.1, 0.15) is 8.07 Å². The van der Waals surface area contributed by atoms with Crippen LogP contribution in [0.25, 0.3) is 0 Å². The fourth-order valence-corrected chi connectivity index (χ4v) is 3.32. The molecule has 0 fully saturated rings. The lowest BCUT2D eigenvalue weighted by Gasteiger charge is -2.15. The first-order valence-electron chi connectivity index (χ1n) is 8.65. The second-order valence-corrected chi connectivity index (χ2v) is 12.3. The van der Waals surface area contributed by atoms with E-state index < -0.39 is 31.8 Å². The third-order valence-corrected chi connectivity index (χ3v) is 5.01. The first kappa shape index (κ1) is 20.0. The molecule has 2 aromatic rings. The van der Waals surface area contributed by atoms with Crippen LogP contribution in [-0.2, 0) is 0 Å². The number of hydrogen-bond acceptors (Lipinski definition) is 4. The number of rotatable bonds is 3. The molecule has 2 N–H and O–H groups in total. The zero-order chi connectivity index (χ0) is 21.5. The van der Waals surface area contributed by atoms with Crippen LogP contribution in [-0.4, -0.2) is 42.0 Å². The number of anilines is 1. The standard InChI is InChI=1S/C21H17NO6Si/c1-29(2,3)7-6-12-4-5-16-17(8-12)19(24)22(18(16)23)15-10-13(20(25)26)9-14(11-15)21(27)28/h4-5,8-11H,1-3H3,(H,25,26)(H,27,28). The van der Waals surface area contributed by atoms with E-state index in [1.54, 1.807) is 6.07 Å². The van der Waals surface area contributed by atoms with Crippen molar-refractivity contribution in [3.8, 4) is 11.5 Å². The molecule has 29 heavy (non-hydrogen) atoms. The average molecular weight is 407 g/mol. The lowest BCUT2D eigenvalue weighted by Crippen LogP contribution is -2.29. The number of benzene rings is 2. The maximum Gasteiger partial charge on any atom is 0.335 e. The van der Waals surface area contributed by atoms with Crippen molar-refractivity contribution >= 4 is 37.5 Å². The Kier molecular flexibility index (Phi) is 4.86. The van der Waals surface area contributed by atoms with Crippen LogP contribution in [0.15, 0.2) is 36.4 Å². The molecule has 0 atom stereocenters. The molecular weight excluding hydrogens is 390 g/mol. The average Bonchev–Trinajstić information content (AvgIpc) is 2.89. The Morgan fingerprint density at radius 1 is 0.862 bits per heavy atom. The number of carbonyl (C=O) groups is 4. The lowest BCUT2D eigenvalue weighted by atomic mass is 10.1. The molecule has 8 heteroatoms. The Balaban J connectivity index is 2.08. The van der Waals surface area contributed by atoms with Crippen molar-refractivity contribution in [1.29, 1.82) is 0 Å². The monoisotopic (exact) mass is 407 g/mol. The highest BCUT2D eigenvalue weighted by Gasteiger charge is 2.37. The van der Waals surface area contributed by atoms with E-state index in [9.17, 15) is 29.4 Å². The number of aromatic carboxylic acids is 2. The molecule has 0 saturated carbocycles. The minimum atomic E-state index is -1.63. The topological polar surface area (TPSA) is 112 Å². The summed E-state index contributed by atoms with van der Waals surface area (Å²) in [5.41, 5.74) is 3.31. The van der Waals surface area contributed by atoms with Crippen molar-refractivity contribution in [2.75, 3.05) is 4.90 Å². The zero-order valence-electron chi connectivity index (χ0n) is 15.9. The Morgan fingerprint density at radius 2 is 1.41 bits per heavy atom. The van der Waals surface area contributed by atoms with E-state index in [0.717, 1.165) is 23.1 Å². The summed E-state index contributed by atoms with van der Waals surface area (Å²) in [5.74, 6) is -1.00. The van der Waals surface area contributed by atoms with Gasteiger partial charge in [-0.25, -0.2) is 14.5 Å². The number of amides is 2. The molecule has 2 aromatic carbocycles. The molecule has 3 rings (SSSR count). The lowest BCUT2D eigenvalue weighted by molar-refractivity contribution is 0.0695. The molecule has 0 aliphatic carbocycles. The van der Waals surface area contributed by atoms with Crippen molar-refractivity contribution in [3.05, 3.63) is 64.2 Å². The fraction of sp³-hybridized carbons (Fsp3) is 0.143. The Bertz CT molecular complexity index is 1120. The summed E-state index contributed by atoms with van der Waals surface area (Å²) in [5, 5.41) is 18.5. The van der Waals surface area contributed by atoms with E-state index in [2.05, 4.69) is 31.1 Å². The number of carboxylic acids is 2. The Labute approximate surface area is 167 Å². The fourth-order valence-electron chi connectivity index (χ4n) is 2.80. The quantitative estimate of drug-likeness (QED) is 0.459. The number of hydrogen-bond donors (Lipinski definition) is 2. The largest absolute Gasteiger partial charge is 0.478 e. The number of carboxylic acid groups (broad SMARTS) is 2. The molecule has 0 aromatic heterocycles. The van der Waals surface area contributed by atoms with Gasteiger partial charge in [-0.1, -0.05) is 25.6 Å². The van der Waals surface area contributed by atoms with Gasteiger partial charge in [-0.05, 0) is 36.4 Å². The smallest absolute Gasteiger partial charge is 0.335 e. The van der Waals surface area contributed by atoms with Crippen LogP contribution >= 0.6 is 0 Å². The molecular formula is C21H17NO6Si. The van der Waals surface area contributed by atoms with Crippen molar-refractivity contribution in [2.24, 2.45) is 0 Å². The minimum absolute atomic E-state index is 0.108. The first-order valence-corrected chi connectivity index (χ1v) is 12.2. The summed E-state index contributed by atoms with van der Waals surface area (Å²) in [6.45, 7) is 6.25. The van der Waals surface area contributed by atoms with Crippen LogP contribution in [0.1, 0.15) is 47.0 Å². The Morgan fingerprint density at radius 3 is 1.93 bits per heavy atom.